The zero-order valence-electron chi connectivity index (χ0n) is 20.5. The maximum atomic E-state index is 5.87. The molecule has 1 aromatic heterocycles. The fraction of sp³-hybridized carbons (Fsp3) is 0.655. The Labute approximate surface area is 196 Å². The molecule has 3 heteroatoms. The van der Waals surface area contributed by atoms with Gasteiger partial charge < -0.3 is 4.74 Å². The van der Waals surface area contributed by atoms with E-state index in [4.69, 9.17) is 4.74 Å². The first-order valence-electron chi connectivity index (χ1n) is 13.3. The first-order chi connectivity index (χ1) is 15.8. The molecule has 1 heterocycles. The summed E-state index contributed by atoms with van der Waals surface area (Å²) in [6, 6.07) is 8.21. The van der Waals surface area contributed by atoms with E-state index in [0.717, 1.165) is 48.4 Å². The monoisotopic (exact) mass is 436 g/mol. The first kappa shape index (κ1) is 24.7. The Hall–Kier alpha value is -1.90. The summed E-state index contributed by atoms with van der Waals surface area (Å²) in [7, 11) is 0. The van der Waals surface area contributed by atoms with Crippen molar-refractivity contribution in [2.75, 3.05) is 6.61 Å². The van der Waals surface area contributed by atoms with Crippen molar-refractivity contribution < 1.29 is 4.74 Å². The molecule has 1 fully saturated rings. The van der Waals surface area contributed by atoms with Gasteiger partial charge in [-0.05, 0) is 60.9 Å². The molecule has 0 aliphatic heterocycles. The van der Waals surface area contributed by atoms with Crippen molar-refractivity contribution in [1.82, 2.24) is 9.97 Å². The molecule has 0 amide bonds. The van der Waals surface area contributed by atoms with Crippen LogP contribution in [0.5, 0.6) is 5.75 Å². The fourth-order valence-corrected chi connectivity index (χ4v) is 4.90. The summed E-state index contributed by atoms with van der Waals surface area (Å²) < 4.78 is 5.87. The van der Waals surface area contributed by atoms with Crippen LogP contribution in [0.25, 0.3) is 11.4 Å². The molecule has 0 saturated heterocycles. The number of benzene rings is 1. The molecule has 3 nitrogen and oxygen atoms in total. The molecule has 1 aliphatic carbocycles. The summed E-state index contributed by atoms with van der Waals surface area (Å²) >= 11 is 0. The lowest BCUT2D eigenvalue weighted by Gasteiger charge is -2.28. The van der Waals surface area contributed by atoms with Gasteiger partial charge in [0.25, 0.3) is 0 Å². The van der Waals surface area contributed by atoms with E-state index in [1.54, 1.807) is 0 Å². The number of hydrogen-bond donors (Lipinski definition) is 0. The zero-order valence-corrected chi connectivity index (χ0v) is 20.5. The van der Waals surface area contributed by atoms with Gasteiger partial charge >= 0.3 is 0 Å². The van der Waals surface area contributed by atoms with E-state index in [-0.39, 0.29) is 0 Å². The number of aryl methyl sites for hydroxylation is 1. The maximum absolute atomic E-state index is 5.87. The third kappa shape index (κ3) is 8.56. The van der Waals surface area contributed by atoms with Gasteiger partial charge in [0.1, 0.15) is 5.75 Å². The Morgan fingerprint density at radius 1 is 0.750 bits per heavy atom. The van der Waals surface area contributed by atoms with Gasteiger partial charge in [0.2, 0.25) is 0 Å². The van der Waals surface area contributed by atoms with Gasteiger partial charge in [-0.2, -0.15) is 0 Å². The highest BCUT2D eigenvalue weighted by molar-refractivity contribution is 5.55. The van der Waals surface area contributed by atoms with Crippen LogP contribution in [0.3, 0.4) is 0 Å². The number of hydrogen-bond acceptors (Lipinski definition) is 3. The van der Waals surface area contributed by atoms with Crippen molar-refractivity contribution in [1.29, 1.82) is 0 Å². The van der Waals surface area contributed by atoms with Crippen molar-refractivity contribution in [3.8, 4) is 17.1 Å². The minimum atomic E-state index is 0.800. The number of unbranched alkanes of at least 4 members (excludes halogenated alkanes) is 5. The topological polar surface area (TPSA) is 35.0 Å². The van der Waals surface area contributed by atoms with E-state index >= 15 is 0 Å². The number of aromatic nitrogens is 2. The third-order valence-electron chi connectivity index (χ3n) is 7.11. The lowest BCUT2D eigenvalue weighted by molar-refractivity contribution is 0.250. The van der Waals surface area contributed by atoms with Gasteiger partial charge in [0, 0.05) is 18.0 Å². The summed E-state index contributed by atoms with van der Waals surface area (Å²) in [5, 5.41) is 0. The first-order valence-corrected chi connectivity index (χ1v) is 13.3. The molecule has 0 N–H and O–H groups in total. The summed E-state index contributed by atoms with van der Waals surface area (Å²) in [5.41, 5.74) is 2.32. The summed E-state index contributed by atoms with van der Waals surface area (Å²) in [5.74, 6) is 3.63. The van der Waals surface area contributed by atoms with Crippen LogP contribution in [0.15, 0.2) is 36.7 Å². The van der Waals surface area contributed by atoms with Gasteiger partial charge in [-0.1, -0.05) is 84.5 Å². The van der Waals surface area contributed by atoms with E-state index in [1.165, 1.54) is 82.6 Å². The van der Waals surface area contributed by atoms with Crippen LogP contribution in [-0.4, -0.2) is 16.6 Å². The molecule has 0 bridgehead atoms. The normalized spacial score (nSPS) is 18.6. The van der Waals surface area contributed by atoms with Crippen LogP contribution < -0.4 is 4.74 Å². The van der Waals surface area contributed by atoms with Gasteiger partial charge in [-0.25, -0.2) is 9.97 Å². The second kappa shape index (κ2) is 14.3. The lowest BCUT2D eigenvalue weighted by Crippen LogP contribution is -2.15. The molecule has 32 heavy (non-hydrogen) atoms. The Morgan fingerprint density at radius 2 is 1.38 bits per heavy atom. The maximum Gasteiger partial charge on any atom is 0.159 e. The van der Waals surface area contributed by atoms with E-state index in [9.17, 15) is 0 Å². The molecule has 0 radical (unpaired) electrons. The van der Waals surface area contributed by atoms with Crippen molar-refractivity contribution in [3.63, 3.8) is 0 Å². The van der Waals surface area contributed by atoms with Gasteiger partial charge in [0.15, 0.2) is 5.82 Å². The van der Waals surface area contributed by atoms with Crippen LogP contribution >= 0.6 is 0 Å². The Kier molecular flexibility index (Phi) is 11.0. The minimum absolute atomic E-state index is 0.800. The highest BCUT2D eigenvalue weighted by Gasteiger charge is 2.20. The van der Waals surface area contributed by atoms with E-state index in [1.807, 2.05) is 24.5 Å². The molecule has 3 rings (SSSR count). The summed E-state index contributed by atoms with van der Waals surface area (Å²) in [4.78, 5) is 9.28. The van der Waals surface area contributed by atoms with Gasteiger partial charge in [-0.15, -0.1) is 0 Å². The number of rotatable bonds is 14. The van der Waals surface area contributed by atoms with Crippen LogP contribution in [-0.2, 0) is 6.42 Å². The average Bonchev–Trinajstić information content (AvgIpc) is 2.85. The molecule has 1 aliphatic rings. The molecule has 0 atom stereocenters. The lowest BCUT2D eigenvalue weighted by atomic mass is 9.78. The molecule has 0 spiro atoms. The summed E-state index contributed by atoms with van der Waals surface area (Å²) in [6.45, 7) is 5.35. The highest BCUT2D eigenvalue weighted by Crippen LogP contribution is 2.34. The Morgan fingerprint density at radius 3 is 2.03 bits per heavy atom. The van der Waals surface area contributed by atoms with Gasteiger partial charge in [-0.3, -0.25) is 0 Å². The summed E-state index contributed by atoms with van der Waals surface area (Å²) in [6.07, 6.45) is 22.7. The second-order valence-corrected chi connectivity index (χ2v) is 9.77. The quantitative estimate of drug-likeness (QED) is 0.279. The van der Waals surface area contributed by atoms with Crippen molar-refractivity contribution >= 4 is 0 Å². The Bertz CT molecular complexity index is 733. The molecule has 0 unspecified atom stereocenters. The standard InChI is InChI=1S/C29H44N2O/c1-3-5-7-8-9-21-32-28-19-17-27(18-20-28)29-30-22-26(23-31-29)16-15-25-13-11-24(12-14-25)10-6-4-2/h17-20,22-25H,3-16,21H2,1-2H3/t24-,25-. The second-order valence-electron chi connectivity index (χ2n) is 9.77. The minimum Gasteiger partial charge on any atom is -0.494 e. The molecule has 1 aromatic carbocycles. The largest absolute Gasteiger partial charge is 0.494 e. The Balaban J connectivity index is 1.38. The zero-order chi connectivity index (χ0) is 22.4. The molecule has 176 valence electrons. The van der Waals surface area contributed by atoms with E-state index in [0.29, 0.717) is 0 Å². The molecular formula is C29H44N2O. The number of ether oxygens (including phenoxy) is 1. The van der Waals surface area contributed by atoms with Crippen LogP contribution in [0.1, 0.15) is 103 Å². The SMILES string of the molecule is CCCCCCCOc1ccc(-c2ncc(CC[C@H]3CC[C@H](CCCC)CC3)cn2)cc1. The predicted molar refractivity (Wildman–Crippen MR) is 135 cm³/mol. The molecular weight excluding hydrogens is 392 g/mol. The van der Waals surface area contributed by atoms with Crippen molar-refractivity contribution in [2.24, 2.45) is 11.8 Å². The molecule has 1 saturated carbocycles. The third-order valence-corrected chi connectivity index (χ3v) is 7.11. The average molecular weight is 437 g/mol. The highest BCUT2D eigenvalue weighted by atomic mass is 16.5. The van der Waals surface area contributed by atoms with Crippen molar-refractivity contribution in [2.45, 2.75) is 104 Å². The smallest absolute Gasteiger partial charge is 0.159 e. The van der Waals surface area contributed by atoms with Crippen molar-refractivity contribution in [3.05, 3.63) is 42.2 Å². The van der Waals surface area contributed by atoms with Crippen LogP contribution in [0.4, 0.5) is 0 Å². The van der Waals surface area contributed by atoms with Crippen LogP contribution in [0.2, 0.25) is 0 Å². The van der Waals surface area contributed by atoms with E-state index in [2.05, 4.69) is 35.9 Å². The molecule has 2 aromatic rings. The predicted octanol–water partition coefficient (Wildman–Crippen LogP) is 8.42. The fourth-order valence-electron chi connectivity index (χ4n) is 4.90. The van der Waals surface area contributed by atoms with Gasteiger partial charge in [0.05, 0.1) is 6.61 Å². The number of nitrogens with zero attached hydrogens (tertiary/aromatic N) is 2. The van der Waals surface area contributed by atoms with Crippen LogP contribution in [0, 0.1) is 11.8 Å². The van der Waals surface area contributed by atoms with E-state index < -0.39 is 0 Å².